The van der Waals surface area contributed by atoms with Crippen molar-refractivity contribution in [2.75, 3.05) is 6.61 Å². The van der Waals surface area contributed by atoms with E-state index in [1.807, 2.05) is 0 Å². The van der Waals surface area contributed by atoms with Gasteiger partial charge >= 0.3 is 0 Å². The Hall–Kier alpha value is -0.760. The fourth-order valence-corrected chi connectivity index (χ4v) is 2.77. The summed E-state index contributed by atoms with van der Waals surface area (Å²) < 4.78 is 8.33. The minimum atomic E-state index is 0.438. The molecule has 0 N–H and O–H groups in total. The standard InChI is InChI=1S/C15H25NO/c1-2-3-4-9-14(16-11-6-7-12-16)15-10-5-8-13-17-15/h6-7,11-12,14-15H,2-5,8-10,13H2,1H3. The molecule has 1 fully saturated rings. The topological polar surface area (TPSA) is 14.2 Å². The zero-order chi connectivity index (χ0) is 11.9. The number of aromatic nitrogens is 1. The van der Waals surface area contributed by atoms with E-state index in [0.717, 1.165) is 6.61 Å². The van der Waals surface area contributed by atoms with Gasteiger partial charge in [0.15, 0.2) is 0 Å². The molecule has 2 atom stereocenters. The summed E-state index contributed by atoms with van der Waals surface area (Å²) in [7, 11) is 0. The second-order valence-corrected chi connectivity index (χ2v) is 5.10. The van der Waals surface area contributed by atoms with Gasteiger partial charge in [-0.25, -0.2) is 0 Å². The first kappa shape index (κ1) is 12.7. The van der Waals surface area contributed by atoms with Crippen molar-refractivity contribution in [2.45, 2.75) is 64.0 Å². The molecule has 2 unspecified atom stereocenters. The van der Waals surface area contributed by atoms with Crippen LogP contribution in [0.3, 0.4) is 0 Å². The summed E-state index contributed by atoms with van der Waals surface area (Å²) in [6.07, 6.45) is 13.8. The predicted molar refractivity (Wildman–Crippen MR) is 71.2 cm³/mol. The van der Waals surface area contributed by atoms with E-state index in [2.05, 4.69) is 36.0 Å². The third kappa shape index (κ3) is 3.60. The second-order valence-electron chi connectivity index (χ2n) is 5.10. The first-order chi connectivity index (χ1) is 8.42. The maximum atomic E-state index is 5.97. The van der Waals surface area contributed by atoms with Gasteiger partial charge in [-0.05, 0) is 37.8 Å². The minimum absolute atomic E-state index is 0.438. The van der Waals surface area contributed by atoms with Gasteiger partial charge < -0.3 is 9.30 Å². The molecule has 1 aliphatic heterocycles. The number of hydrogen-bond donors (Lipinski definition) is 0. The molecule has 1 aliphatic rings. The Kier molecular flexibility index (Phi) is 5.11. The number of rotatable bonds is 6. The predicted octanol–water partition coefficient (Wildman–Crippen LogP) is 4.18. The van der Waals surface area contributed by atoms with E-state index >= 15 is 0 Å². The van der Waals surface area contributed by atoms with Crippen LogP contribution < -0.4 is 0 Å². The highest BCUT2D eigenvalue weighted by molar-refractivity contribution is 4.95. The van der Waals surface area contributed by atoms with Crippen LogP contribution in [0.4, 0.5) is 0 Å². The molecule has 96 valence electrons. The summed E-state index contributed by atoms with van der Waals surface area (Å²) in [5, 5.41) is 0. The van der Waals surface area contributed by atoms with Gasteiger partial charge in [0.1, 0.15) is 0 Å². The normalized spacial score (nSPS) is 22.5. The number of hydrogen-bond acceptors (Lipinski definition) is 1. The molecule has 17 heavy (non-hydrogen) atoms. The summed E-state index contributed by atoms with van der Waals surface area (Å²) in [5.41, 5.74) is 0. The van der Waals surface area contributed by atoms with Gasteiger partial charge in [-0.3, -0.25) is 0 Å². The first-order valence-electron chi connectivity index (χ1n) is 7.16. The summed E-state index contributed by atoms with van der Waals surface area (Å²) in [4.78, 5) is 0. The smallest absolute Gasteiger partial charge is 0.0781 e. The Morgan fingerprint density at radius 3 is 2.71 bits per heavy atom. The molecule has 0 radical (unpaired) electrons. The molecule has 0 aliphatic carbocycles. The fraction of sp³-hybridized carbons (Fsp3) is 0.733. The van der Waals surface area contributed by atoms with Crippen molar-refractivity contribution in [2.24, 2.45) is 0 Å². The van der Waals surface area contributed by atoms with Gasteiger partial charge in [-0.2, -0.15) is 0 Å². The monoisotopic (exact) mass is 235 g/mol. The highest BCUT2D eigenvalue weighted by atomic mass is 16.5. The lowest BCUT2D eigenvalue weighted by atomic mass is 9.97. The highest BCUT2D eigenvalue weighted by Gasteiger charge is 2.24. The van der Waals surface area contributed by atoms with Gasteiger partial charge in [0.25, 0.3) is 0 Å². The van der Waals surface area contributed by atoms with Gasteiger partial charge in [-0.1, -0.05) is 26.2 Å². The van der Waals surface area contributed by atoms with Crippen LogP contribution in [0.1, 0.15) is 57.9 Å². The first-order valence-corrected chi connectivity index (χ1v) is 7.16. The summed E-state index contributed by atoms with van der Waals surface area (Å²) >= 11 is 0. The average Bonchev–Trinajstić information content (AvgIpc) is 2.89. The maximum Gasteiger partial charge on any atom is 0.0781 e. The van der Waals surface area contributed by atoms with Crippen molar-refractivity contribution in [3.8, 4) is 0 Å². The summed E-state index contributed by atoms with van der Waals surface area (Å²) in [5.74, 6) is 0. The average molecular weight is 235 g/mol. The molecular weight excluding hydrogens is 210 g/mol. The fourth-order valence-electron chi connectivity index (χ4n) is 2.77. The van der Waals surface area contributed by atoms with E-state index in [1.165, 1.54) is 44.9 Å². The Labute approximate surface area is 105 Å². The molecule has 0 bridgehead atoms. The minimum Gasteiger partial charge on any atom is -0.376 e. The molecule has 2 nitrogen and oxygen atoms in total. The maximum absolute atomic E-state index is 5.97. The number of unbranched alkanes of at least 4 members (excludes halogenated alkanes) is 2. The quantitative estimate of drug-likeness (QED) is 0.675. The molecule has 0 saturated carbocycles. The molecule has 1 aromatic heterocycles. The molecule has 1 saturated heterocycles. The van der Waals surface area contributed by atoms with E-state index in [9.17, 15) is 0 Å². The third-order valence-electron chi connectivity index (χ3n) is 3.76. The molecule has 2 rings (SSSR count). The SMILES string of the molecule is CCCCCC(C1CCCCO1)n1cccc1. The van der Waals surface area contributed by atoms with Crippen LogP contribution in [0.15, 0.2) is 24.5 Å². The molecule has 0 aromatic carbocycles. The van der Waals surface area contributed by atoms with Crippen molar-refractivity contribution < 1.29 is 4.74 Å². The lowest BCUT2D eigenvalue weighted by molar-refractivity contribution is -0.0193. The third-order valence-corrected chi connectivity index (χ3v) is 3.76. The molecule has 2 heteroatoms. The van der Waals surface area contributed by atoms with Crippen LogP contribution in [-0.4, -0.2) is 17.3 Å². The van der Waals surface area contributed by atoms with Crippen molar-refractivity contribution in [3.05, 3.63) is 24.5 Å². The Morgan fingerprint density at radius 1 is 1.24 bits per heavy atom. The Bertz CT molecular complexity index is 288. The molecule has 0 spiro atoms. The number of ether oxygens (including phenoxy) is 1. The Balaban J connectivity index is 1.96. The highest BCUT2D eigenvalue weighted by Crippen LogP contribution is 2.28. The van der Waals surface area contributed by atoms with Crippen molar-refractivity contribution in [1.82, 2.24) is 4.57 Å². The summed E-state index contributed by atoms with van der Waals surface area (Å²) in [6.45, 7) is 3.22. The van der Waals surface area contributed by atoms with Crippen LogP contribution in [0.5, 0.6) is 0 Å². The molecular formula is C15H25NO. The molecule has 0 amide bonds. The zero-order valence-electron chi connectivity index (χ0n) is 11.0. The van der Waals surface area contributed by atoms with Crippen molar-refractivity contribution in [3.63, 3.8) is 0 Å². The number of nitrogens with zero attached hydrogens (tertiary/aromatic N) is 1. The van der Waals surface area contributed by atoms with E-state index in [1.54, 1.807) is 0 Å². The van der Waals surface area contributed by atoms with Crippen LogP contribution in [0, 0.1) is 0 Å². The lowest BCUT2D eigenvalue weighted by Gasteiger charge is -2.31. The molecule has 1 aromatic rings. The van der Waals surface area contributed by atoms with Crippen molar-refractivity contribution >= 4 is 0 Å². The van der Waals surface area contributed by atoms with Gasteiger partial charge in [0, 0.05) is 19.0 Å². The summed E-state index contributed by atoms with van der Waals surface area (Å²) in [6, 6.07) is 4.79. The van der Waals surface area contributed by atoms with Crippen LogP contribution in [0.25, 0.3) is 0 Å². The van der Waals surface area contributed by atoms with Crippen molar-refractivity contribution in [1.29, 1.82) is 0 Å². The van der Waals surface area contributed by atoms with Gasteiger partial charge in [0.2, 0.25) is 0 Å². The van der Waals surface area contributed by atoms with Crippen LogP contribution in [0.2, 0.25) is 0 Å². The van der Waals surface area contributed by atoms with Crippen LogP contribution in [-0.2, 0) is 4.74 Å². The molecule has 2 heterocycles. The van der Waals surface area contributed by atoms with E-state index < -0.39 is 0 Å². The van der Waals surface area contributed by atoms with Gasteiger partial charge in [0.05, 0.1) is 12.1 Å². The van der Waals surface area contributed by atoms with E-state index in [-0.39, 0.29) is 0 Å². The van der Waals surface area contributed by atoms with Crippen LogP contribution >= 0.6 is 0 Å². The largest absolute Gasteiger partial charge is 0.376 e. The zero-order valence-corrected chi connectivity index (χ0v) is 11.0. The van der Waals surface area contributed by atoms with Gasteiger partial charge in [-0.15, -0.1) is 0 Å². The lowest BCUT2D eigenvalue weighted by Crippen LogP contribution is -2.29. The second kappa shape index (κ2) is 6.85. The van der Waals surface area contributed by atoms with E-state index in [0.29, 0.717) is 12.1 Å². The van der Waals surface area contributed by atoms with E-state index in [4.69, 9.17) is 4.74 Å². The Morgan fingerprint density at radius 2 is 2.06 bits per heavy atom.